The molecule has 0 amide bonds. The van der Waals surface area contributed by atoms with Gasteiger partial charge in [0.1, 0.15) is 0 Å². The molecule has 0 atom stereocenters. The lowest BCUT2D eigenvalue weighted by Crippen LogP contribution is -1.95. The minimum atomic E-state index is -0.935. The lowest BCUT2D eigenvalue weighted by molar-refractivity contribution is -0.133. The second kappa shape index (κ2) is 23.7. The quantitative estimate of drug-likeness (QED) is 0.161. The van der Waals surface area contributed by atoms with Crippen molar-refractivity contribution in [3.05, 3.63) is 23.8 Å². The average molecular weight is 425 g/mol. The maximum atomic E-state index is 10.6. The molecule has 0 spiro atoms. The van der Waals surface area contributed by atoms with E-state index in [1.165, 1.54) is 103 Å². The van der Waals surface area contributed by atoms with Gasteiger partial charge in [-0.2, -0.15) is 0 Å². The summed E-state index contributed by atoms with van der Waals surface area (Å²) in [6, 6.07) is 0. The zero-order valence-corrected chi connectivity index (χ0v) is 20.0. The molecule has 0 aromatic carbocycles. The van der Waals surface area contributed by atoms with E-state index in [0.29, 0.717) is 5.57 Å². The summed E-state index contributed by atoms with van der Waals surface area (Å²) in [6.07, 6.45) is 24.8. The molecule has 0 rings (SSSR count). The Morgan fingerprint density at radius 2 is 0.933 bits per heavy atom. The van der Waals surface area contributed by atoms with Gasteiger partial charge in [-0.05, 0) is 26.7 Å². The standard InChI is InChI=1S/C22H42O2.C4H6O2/c1-3-4-5-6-7-8-9-10-11-12-13-14-15-16-17-18-19-20-21(2)22(23)24;1-3(2)4(5)6/h20H,3-19H2,1-2H3,(H,23,24);1H2,2H3,(H,5,6). The molecule has 4 nitrogen and oxygen atoms in total. The van der Waals surface area contributed by atoms with Crippen molar-refractivity contribution in [1.82, 2.24) is 0 Å². The summed E-state index contributed by atoms with van der Waals surface area (Å²) in [5.74, 6) is -1.72. The molecule has 0 saturated heterocycles. The maximum Gasteiger partial charge on any atom is 0.330 e. The number of carboxylic acid groups (broad SMARTS) is 2. The van der Waals surface area contributed by atoms with Crippen LogP contribution >= 0.6 is 0 Å². The molecule has 0 bridgehead atoms. The second-order valence-corrected chi connectivity index (χ2v) is 8.37. The summed E-state index contributed by atoms with van der Waals surface area (Å²) in [4.78, 5) is 20.2. The molecule has 0 aliphatic carbocycles. The Balaban J connectivity index is 0. The van der Waals surface area contributed by atoms with E-state index in [1.807, 2.05) is 6.08 Å². The Bertz CT molecular complexity index is 454. The van der Waals surface area contributed by atoms with Gasteiger partial charge in [0.15, 0.2) is 0 Å². The average Bonchev–Trinajstić information content (AvgIpc) is 2.70. The lowest BCUT2D eigenvalue weighted by atomic mass is 10.0. The maximum absolute atomic E-state index is 10.6. The Morgan fingerprint density at radius 1 is 0.633 bits per heavy atom. The summed E-state index contributed by atoms with van der Waals surface area (Å²) in [5.41, 5.74) is 0.658. The van der Waals surface area contributed by atoms with E-state index in [-0.39, 0.29) is 5.57 Å². The molecule has 0 unspecified atom stereocenters. The first-order valence-electron chi connectivity index (χ1n) is 12.1. The fourth-order valence-corrected chi connectivity index (χ4v) is 3.10. The number of allylic oxidation sites excluding steroid dienone is 1. The van der Waals surface area contributed by atoms with E-state index in [1.54, 1.807) is 6.92 Å². The van der Waals surface area contributed by atoms with Crippen molar-refractivity contribution in [2.24, 2.45) is 0 Å². The van der Waals surface area contributed by atoms with Gasteiger partial charge in [0.05, 0.1) is 0 Å². The van der Waals surface area contributed by atoms with E-state index in [4.69, 9.17) is 10.2 Å². The number of carboxylic acids is 2. The molecule has 2 N–H and O–H groups in total. The highest BCUT2D eigenvalue weighted by molar-refractivity contribution is 5.85. The highest BCUT2D eigenvalue weighted by Crippen LogP contribution is 2.14. The number of carbonyl (C=O) groups is 2. The molecule has 0 aliphatic rings. The van der Waals surface area contributed by atoms with E-state index < -0.39 is 11.9 Å². The van der Waals surface area contributed by atoms with Crippen LogP contribution in [-0.2, 0) is 9.59 Å². The van der Waals surface area contributed by atoms with Crippen molar-refractivity contribution in [1.29, 1.82) is 0 Å². The van der Waals surface area contributed by atoms with Gasteiger partial charge in [0, 0.05) is 11.1 Å². The molecule has 0 saturated carbocycles. The van der Waals surface area contributed by atoms with Crippen molar-refractivity contribution in [3.63, 3.8) is 0 Å². The summed E-state index contributed by atoms with van der Waals surface area (Å²) in [5, 5.41) is 16.6. The second-order valence-electron chi connectivity index (χ2n) is 8.37. The fourth-order valence-electron chi connectivity index (χ4n) is 3.10. The molecule has 0 radical (unpaired) electrons. The predicted octanol–water partition coefficient (Wildman–Crippen LogP) is 8.32. The molecule has 4 heteroatoms. The SMILES string of the molecule is C=C(C)C(=O)O.CCCCCCCCCCCCCCCCCCC=C(C)C(=O)O. The topological polar surface area (TPSA) is 74.6 Å². The van der Waals surface area contributed by atoms with Crippen LogP contribution in [0.4, 0.5) is 0 Å². The fraction of sp³-hybridized carbons (Fsp3) is 0.769. The Hall–Kier alpha value is -1.58. The van der Waals surface area contributed by atoms with Crippen LogP contribution in [0.2, 0.25) is 0 Å². The number of hydrogen-bond acceptors (Lipinski definition) is 2. The van der Waals surface area contributed by atoms with Crippen LogP contribution in [0.5, 0.6) is 0 Å². The first-order valence-corrected chi connectivity index (χ1v) is 12.1. The molecule has 0 aromatic heterocycles. The number of unbranched alkanes of at least 4 members (excludes halogenated alkanes) is 16. The molecule has 30 heavy (non-hydrogen) atoms. The van der Waals surface area contributed by atoms with Crippen molar-refractivity contribution in [3.8, 4) is 0 Å². The highest BCUT2D eigenvalue weighted by atomic mass is 16.4. The monoisotopic (exact) mass is 424 g/mol. The number of rotatable bonds is 19. The van der Waals surface area contributed by atoms with Crippen LogP contribution in [0.3, 0.4) is 0 Å². The first-order chi connectivity index (χ1) is 14.3. The van der Waals surface area contributed by atoms with Gasteiger partial charge in [-0.1, -0.05) is 116 Å². The Morgan fingerprint density at radius 3 is 1.20 bits per heavy atom. The third kappa shape index (κ3) is 26.4. The van der Waals surface area contributed by atoms with Gasteiger partial charge in [-0.15, -0.1) is 0 Å². The predicted molar refractivity (Wildman–Crippen MR) is 128 cm³/mol. The Labute approximate surface area is 185 Å². The smallest absolute Gasteiger partial charge is 0.330 e. The van der Waals surface area contributed by atoms with Gasteiger partial charge in [0.2, 0.25) is 0 Å². The van der Waals surface area contributed by atoms with Gasteiger partial charge in [0.25, 0.3) is 0 Å². The molecular weight excluding hydrogens is 376 g/mol. The lowest BCUT2D eigenvalue weighted by Gasteiger charge is -2.03. The van der Waals surface area contributed by atoms with Crippen LogP contribution in [0, 0.1) is 0 Å². The van der Waals surface area contributed by atoms with Crippen LogP contribution in [0.25, 0.3) is 0 Å². The molecule has 0 aromatic rings. The molecule has 176 valence electrons. The highest BCUT2D eigenvalue weighted by Gasteiger charge is 1.98. The summed E-state index contributed by atoms with van der Waals surface area (Å²) < 4.78 is 0. The molecule has 0 heterocycles. The first kappa shape index (κ1) is 30.6. The van der Waals surface area contributed by atoms with Crippen LogP contribution < -0.4 is 0 Å². The summed E-state index contributed by atoms with van der Waals surface area (Å²) >= 11 is 0. The van der Waals surface area contributed by atoms with Crippen molar-refractivity contribution >= 4 is 11.9 Å². The molecule has 0 fully saturated rings. The normalized spacial score (nSPS) is 11.0. The molecule has 0 aliphatic heterocycles. The van der Waals surface area contributed by atoms with Crippen molar-refractivity contribution < 1.29 is 19.8 Å². The Kier molecular flexibility index (Phi) is 24.2. The van der Waals surface area contributed by atoms with Crippen molar-refractivity contribution in [2.75, 3.05) is 0 Å². The zero-order chi connectivity index (χ0) is 23.0. The van der Waals surface area contributed by atoms with E-state index in [0.717, 1.165) is 12.8 Å². The van der Waals surface area contributed by atoms with Crippen LogP contribution in [0.15, 0.2) is 23.8 Å². The minimum Gasteiger partial charge on any atom is -0.478 e. The molecular formula is C26H48O4. The summed E-state index contributed by atoms with van der Waals surface area (Å²) in [6.45, 7) is 8.56. The zero-order valence-electron chi connectivity index (χ0n) is 20.0. The van der Waals surface area contributed by atoms with E-state index in [9.17, 15) is 9.59 Å². The van der Waals surface area contributed by atoms with Crippen LogP contribution in [-0.4, -0.2) is 22.2 Å². The number of aliphatic carboxylic acids is 2. The number of hydrogen-bond donors (Lipinski definition) is 2. The van der Waals surface area contributed by atoms with Crippen molar-refractivity contribution in [2.45, 2.75) is 130 Å². The van der Waals surface area contributed by atoms with E-state index >= 15 is 0 Å². The van der Waals surface area contributed by atoms with Gasteiger partial charge in [-0.3, -0.25) is 0 Å². The summed E-state index contributed by atoms with van der Waals surface area (Å²) in [7, 11) is 0. The van der Waals surface area contributed by atoms with Gasteiger partial charge < -0.3 is 10.2 Å². The van der Waals surface area contributed by atoms with E-state index in [2.05, 4.69) is 13.5 Å². The third-order valence-corrected chi connectivity index (χ3v) is 5.21. The van der Waals surface area contributed by atoms with Crippen LogP contribution in [0.1, 0.15) is 130 Å². The minimum absolute atomic E-state index is 0.176. The largest absolute Gasteiger partial charge is 0.478 e. The third-order valence-electron chi connectivity index (χ3n) is 5.21. The van der Waals surface area contributed by atoms with Gasteiger partial charge >= 0.3 is 11.9 Å². The van der Waals surface area contributed by atoms with Gasteiger partial charge in [-0.25, -0.2) is 9.59 Å².